The van der Waals surface area contributed by atoms with E-state index >= 15 is 0 Å². The van der Waals surface area contributed by atoms with Crippen molar-refractivity contribution in [1.82, 2.24) is 9.78 Å². The third-order valence-corrected chi connectivity index (χ3v) is 2.79. The van der Waals surface area contributed by atoms with E-state index in [2.05, 4.69) is 5.10 Å². The summed E-state index contributed by atoms with van der Waals surface area (Å²) in [6.45, 7) is 1.95. The van der Waals surface area contributed by atoms with Crippen molar-refractivity contribution in [2.45, 2.75) is 19.4 Å². The maximum atomic E-state index is 6.18. The van der Waals surface area contributed by atoms with Crippen molar-refractivity contribution in [2.75, 3.05) is 0 Å². The molecule has 0 amide bonds. The van der Waals surface area contributed by atoms with Crippen LogP contribution in [0.25, 0.3) is 0 Å². The standard InChI is InChI=1S/C13H16ClN3O/c1-9(15)6-10-4-3-5-12(14)13(10)18-11-7-16-17(2)8-11/h3-5,7-9H,6,15H2,1-2H3. The molecule has 4 nitrogen and oxygen atoms in total. The SMILES string of the molecule is CC(N)Cc1cccc(Cl)c1Oc1cnn(C)c1. The van der Waals surface area contributed by atoms with Crippen molar-refractivity contribution in [3.05, 3.63) is 41.2 Å². The molecule has 1 unspecified atom stereocenters. The largest absolute Gasteiger partial charge is 0.452 e. The number of rotatable bonds is 4. The predicted octanol–water partition coefficient (Wildman–Crippen LogP) is 2.76. The quantitative estimate of drug-likeness (QED) is 0.925. The molecular formula is C13H16ClN3O. The molecule has 1 aromatic heterocycles. The Hall–Kier alpha value is -1.52. The van der Waals surface area contributed by atoms with Gasteiger partial charge in [-0.05, 0) is 25.0 Å². The van der Waals surface area contributed by atoms with E-state index in [-0.39, 0.29) is 6.04 Å². The van der Waals surface area contributed by atoms with Crippen LogP contribution in [0, 0.1) is 0 Å². The number of aromatic nitrogens is 2. The Bertz CT molecular complexity index is 537. The van der Waals surface area contributed by atoms with Gasteiger partial charge < -0.3 is 10.5 Å². The average Bonchev–Trinajstić information content (AvgIpc) is 2.68. The molecule has 0 aliphatic carbocycles. The Morgan fingerprint density at radius 2 is 2.28 bits per heavy atom. The van der Waals surface area contributed by atoms with Crippen LogP contribution in [0.3, 0.4) is 0 Å². The van der Waals surface area contributed by atoms with Crippen LogP contribution in [0.5, 0.6) is 11.5 Å². The summed E-state index contributed by atoms with van der Waals surface area (Å²) in [4.78, 5) is 0. The predicted molar refractivity (Wildman–Crippen MR) is 72.1 cm³/mol. The van der Waals surface area contributed by atoms with Gasteiger partial charge in [-0.1, -0.05) is 23.7 Å². The van der Waals surface area contributed by atoms with Crippen molar-refractivity contribution >= 4 is 11.6 Å². The van der Waals surface area contributed by atoms with Crippen molar-refractivity contribution < 1.29 is 4.74 Å². The number of ether oxygens (including phenoxy) is 1. The topological polar surface area (TPSA) is 53.1 Å². The summed E-state index contributed by atoms with van der Waals surface area (Å²) < 4.78 is 7.47. The number of benzene rings is 1. The highest BCUT2D eigenvalue weighted by Crippen LogP contribution is 2.33. The van der Waals surface area contributed by atoms with E-state index in [1.807, 2.05) is 26.1 Å². The Balaban J connectivity index is 2.30. The Kier molecular flexibility index (Phi) is 3.89. The summed E-state index contributed by atoms with van der Waals surface area (Å²) in [5, 5.41) is 4.64. The molecule has 0 aliphatic heterocycles. The highest BCUT2D eigenvalue weighted by molar-refractivity contribution is 6.32. The van der Waals surface area contributed by atoms with Crippen LogP contribution >= 0.6 is 11.6 Å². The van der Waals surface area contributed by atoms with Crippen LogP contribution in [-0.2, 0) is 13.5 Å². The van der Waals surface area contributed by atoms with Gasteiger partial charge in [0.2, 0.25) is 0 Å². The number of aryl methyl sites for hydroxylation is 1. The van der Waals surface area contributed by atoms with Crippen molar-refractivity contribution in [3.8, 4) is 11.5 Å². The second kappa shape index (κ2) is 5.42. The lowest BCUT2D eigenvalue weighted by molar-refractivity contribution is 0.473. The van der Waals surface area contributed by atoms with E-state index in [1.165, 1.54) is 0 Å². The molecule has 0 aliphatic rings. The molecule has 96 valence electrons. The number of nitrogens with two attached hydrogens (primary N) is 1. The Morgan fingerprint density at radius 1 is 1.50 bits per heavy atom. The molecule has 5 heteroatoms. The van der Waals surface area contributed by atoms with Gasteiger partial charge in [-0.25, -0.2) is 0 Å². The number of halogens is 1. The van der Waals surface area contributed by atoms with Crippen molar-refractivity contribution in [3.63, 3.8) is 0 Å². The molecule has 2 aromatic rings. The van der Waals surface area contributed by atoms with Gasteiger partial charge in [0.05, 0.1) is 17.4 Å². The maximum Gasteiger partial charge on any atom is 0.165 e. The highest BCUT2D eigenvalue weighted by Gasteiger charge is 2.11. The minimum atomic E-state index is 0.0553. The molecular weight excluding hydrogens is 250 g/mol. The van der Waals surface area contributed by atoms with Crippen LogP contribution in [-0.4, -0.2) is 15.8 Å². The Morgan fingerprint density at radius 3 is 2.89 bits per heavy atom. The fourth-order valence-electron chi connectivity index (χ4n) is 1.74. The van der Waals surface area contributed by atoms with Crippen LogP contribution in [0.2, 0.25) is 5.02 Å². The molecule has 1 aromatic carbocycles. The van der Waals surface area contributed by atoms with Crippen LogP contribution in [0.4, 0.5) is 0 Å². The second-order valence-electron chi connectivity index (χ2n) is 4.36. The number of hydrogen-bond acceptors (Lipinski definition) is 3. The molecule has 0 saturated carbocycles. The zero-order chi connectivity index (χ0) is 13.1. The van der Waals surface area contributed by atoms with E-state index in [0.29, 0.717) is 16.5 Å². The van der Waals surface area contributed by atoms with Gasteiger partial charge >= 0.3 is 0 Å². The third kappa shape index (κ3) is 3.03. The molecule has 2 N–H and O–H groups in total. The first-order chi connectivity index (χ1) is 8.56. The minimum Gasteiger partial charge on any atom is -0.452 e. The zero-order valence-electron chi connectivity index (χ0n) is 10.4. The summed E-state index contributed by atoms with van der Waals surface area (Å²) in [5.41, 5.74) is 6.83. The van der Waals surface area contributed by atoms with Gasteiger partial charge in [0.1, 0.15) is 5.75 Å². The van der Waals surface area contributed by atoms with E-state index in [9.17, 15) is 0 Å². The molecule has 0 spiro atoms. The highest BCUT2D eigenvalue weighted by atomic mass is 35.5. The van der Waals surface area contributed by atoms with Crippen LogP contribution in [0.15, 0.2) is 30.6 Å². The molecule has 1 heterocycles. The Labute approximate surface area is 111 Å². The third-order valence-electron chi connectivity index (χ3n) is 2.49. The van der Waals surface area contributed by atoms with E-state index in [0.717, 1.165) is 12.0 Å². The first-order valence-corrected chi connectivity index (χ1v) is 6.13. The number of para-hydroxylation sites is 1. The normalized spacial score (nSPS) is 12.4. The maximum absolute atomic E-state index is 6.18. The number of nitrogens with zero attached hydrogens (tertiary/aromatic N) is 2. The molecule has 1 atom stereocenters. The van der Waals surface area contributed by atoms with Gasteiger partial charge in [-0.15, -0.1) is 0 Å². The summed E-state index contributed by atoms with van der Waals surface area (Å²) in [6.07, 6.45) is 4.16. The lowest BCUT2D eigenvalue weighted by Crippen LogP contribution is -2.18. The van der Waals surface area contributed by atoms with Crippen LogP contribution < -0.4 is 10.5 Å². The monoisotopic (exact) mass is 265 g/mol. The zero-order valence-corrected chi connectivity index (χ0v) is 11.2. The van der Waals surface area contributed by atoms with E-state index in [4.69, 9.17) is 22.1 Å². The minimum absolute atomic E-state index is 0.0553. The molecule has 18 heavy (non-hydrogen) atoms. The van der Waals surface area contributed by atoms with Crippen molar-refractivity contribution in [2.24, 2.45) is 12.8 Å². The van der Waals surface area contributed by atoms with Crippen LogP contribution in [0.1, 0.15) is 12.5 Å². The van der Waals surface area contributed by atoms with Gasteiger partial charge in [0, 0.05) is 13.1 Å². The van der Waals surface area contributed by atoms with Gasteiger partial charge in [-0.2, -0.15) is 5.10 Å². The summed E-state index contributed by atoms with van der Waals surface area (Å²) in [5.74, 6) is 1.32. The smallest absolute Gasteiger partial charge is 0.165 e. The summed E-state index contributed by atoms with van der Waals surface area (Å²) in [7, 11) is 1.84. The lowest BCUT2D eigenvalue weighted by Gasteiger charge is -2.13. The van der Waals surface area contributed by atoms with Gasteiger partial charge in [-0.3, -0.25) is 4.68 Å². The second-order valence-corrected chi connectivity index (χ2v) is 4.77. The summed E-state index contributed by atoms with van der Waals surface area (Å²) >= 11 is 6.18. The molecule has 2 rings (SSSR count). The average molecular weight is 266 g/mol. The van der Waals surface area contributed by atoms with Gasteiger partial charge in [0.25, 0.3) is 0 Å². The molecule has 0 saturated heterocycles. The first kappa shape index (κ1) is 12.9. The lowest BCUT2D eigenvalue weighted by atomic mass is 10.1. The fourth-order valence-corrected chi connectivity index (χ4v) is 1.98. The van der Waals surface area contributed by atoms with Gasteiger partial charge in [0.15, 0.2) is 5.75 Å². The fraction of sp³-hybridized carbons (Fsp3) is 0.308. The molecule has 0 fully saturated rings. The first-order valence-electron chi connectivity index (χ1n) is 5.75. The number of hydrogen-bond donors (Lipinski definition) is 1. The molecule has 0 radical (unpaired) electrons. The van der Waals surface area contributed by atoms with Crippen molar-refractivity contribution in [1.29, 1.82) is 0 Å². The van der Waals surface area contributed by atoms with E-state index < -0.39 is 0 Å². The van der Waals surface area contributed by atoms with E-state index in [1.54, 1.807) is 23.1 Å². The molecule has 0 bridgehead atoms. The summed E-state index contributed by atoms with van der Waals surface area (Å²) in [6, 6.07) is 5.73.